The molecule has 0 radical (unpaired) electrons. The first-order valence-electron chi connectivity index (χ1n) is 10.2. The first-order valence-corrected chi connectivity index (χ1v) is 10.2. The number of phenolic OH excluding ortho intramolecular Hbond substituents is 1. The highest BCUT2D eigenvalue weighted by Crippen LogP contribution is 2.52. The lowest BCUT2D eigenvalue weighted by Crippen LogP contribution is -2.63. The molecule has 7 N–H and O–H groups in total. The summed E-state index contributed by atoms with van der Waals surface area (Å²) in [5.74, 6) is -7.49. The van der Waals surface area contributed by atoms with Crippen molar-refractivity contribution in [3.63, 3.8) is 0 Å². The van der Waals surface area contributed by atoms with Gasteiger partial charge in [-0.3, -0.25) is 19.3 Å². The van der Waals surface area contributed by atoms with E-state index >= 15 is 0 Å². The third-order valence-electron chi connectivity index (χ3n) is 6.92. The van der Waals surface area contributed by atoms with Gasteiger partial charge in [-0.05, 0) is 50.6 Å². The number of amides is 1. The highest BCUT2D eigenvalue weighted by molar-refractivity contribution is 6.24. The molecule has 0 spiro atoms. The molecule has 0 aliphatic heterocycles. The predicted molar refractivity (Wildman–Crippen MR) is 115 cm³/mol. The van der Waals surface area contributed by atoms with Crippen molar-refractivity contribution in [2.45, 2.75) is 24.5 Å². The van der Waals surface area contributed by atoms with E-state index in [9.17, 15) is 39.9 Å². The molecule has 0 bridgehead atoms. The number of carbonyl (C=O) groups excluding carboxylic acids is 3. The Hall–Kier alpha value is -3.63. The number of Topliss-reactive ketones (excluding diaryl/α,β-unsaturated/α-hetero) is 2. The van der Waals surface area contributed by atoms with Crippen LogP contribution in [0.25, 0.3) is 5.76 Å². The Morgan fingerprint density at radius 3 is 2.39 bits per heavy atom. The standard InChI is InChI=1S/C23H24N2O8/c1-8(26)10-4-5-13(27)15-11(10)6-9-7-12-17(25(2)3)19(29)16(22(24)32)21(31)23(12,33)20(30)14(9)18(15)28/h4-5,9,12,17,26-27,29-30,33H,1,6-7H2,2-3H3,(H2,24,32)/t9-,12-,17+,23-/m0/s1. The normalized spacial score (nSPS) is 29.0. The molecule has 3 aliphatic rings. The smallest absolute Gasteiger partial charge is 0.255 e. The molecule has 33 heavy (non-hydrogen) atoms. The zero-order valence-corrected chi connectivity index (χ0v) is 18.0. The Kier molecular flexibility index (Phi) is 4.91. The number of aliphatic hydroxyl groups is 4. The van der Waals surface area contributed by atoms with E-state index in [0.717, 1.165) is 0 Å². The van der Waals surface area contributed by atoms with Gasteiger partial charge in [0.1, 0.15) is 28.6 Å². The SMILES string of the molecule is C=C(O)c1ccc(O)c2c1C[C@H]1C[C@H]3[C@@H](N(C)C)C(O)=C(C(N)=O)C(=O)[C@@]3(O)C(O)=C1C2=O. The molecule has 0 unspecified atom stereocenters. The van der Waals surface area contributed by atoms with Crippen LogP contribution in [0, 0.1) is 11.8 Å². The monoisotopic (exact) mass is 456 g/mol. The minimum Gasteiger partial charge on any atom is -0.510 e. The van der Waals surface area contributed by atoms with E-state index in [2.05, 4.69) is 6.58 Å². The maximum atomic E-state index is 13.4. The molecule has 0 saturated heterocycles. The largest absolute Gasteiger partial charge is 0.510 e. The number of rotatable bonds is 3. The molecular weight excluding hydrogens is 432 g/mol. The van der Waals surface area contributed by atoms with Gasteiger partial charge in [-0.15, -0.1) is 0 Å². The molecule has 10 heteroatoms. The van der Waals surface area contributed by atoms with Crippen LogP contribution in [-0.4, -0.2) is 73.6 Å². The Bertz CT molecular complexity index is 1210. The van der Waals surface area contributed by atoms with Gasteiger partial charge >= 0.3 is 0 Å². The fraction of sp³-hybridized carbons (Fsp3) is 0.348. The summed E-state index contributed by atoms with van der Waals surface area (Å²) in [5.41, 5.74) is 1.88. The molecular formula is C23H24N2O8. The number of carbonyl (C=O) groups is 3. The van der Waals surface area contributed by atoms with Gasteiger partial charge < -0.3 is 31.3 Å². The van der Waals surface area contributed by atoms with Crippen molar-refractivity contribution in [3.8, 4) is 5.75 Å². The number of benzene rings is 1. The molecule has 0 heterocycles. The van der Waals surface area contributed by atoms with Crippen LogP contribution in [0.1, 0.15) is 27.9 Å². The molecule has 4 atom stereocenters. The van der Waals surface area contributed by atoms with Crippen molar-refractivity contribution in [3.05, 3.63) is 58.1 Å². The van der Waals surface area contributed by atoms with Crippen molar-refractivity contribution in [1.82, 2.24) is 4.90 Å². The van der Waals surface area contributed by atoms with E-state index in [1.165, 1.54) is 17.0 Å². The third-order valence-corrected chi connectivity index (χ3v) is 6.92. The second-order valence-electron chi connectivity index (χ2n) is 8.90. The van der Waals surface area contributed by atoms with Crippen LogP contribution in [0.5, 0.6) is 5.75 Å². The van der Waals surface area contributed by atoms with E-state index < -0.39 is 63.8 Å². The Morgan fingerprint density at radius 2 is 1.85 bits per heavy atom. The van der Waals surface area contributed by atoms with Crippen molar-refractivity contribution in [1.29, 1.82) is 0 Å². The molecule has 3 aliphatic carbocycles. The highest BCUT2D eigenvalue weighted by Gasteiger charge is 2.63. The van der Waals surface area contributed by atoms with Crippen LogP contribution in [0.2, 0.25) is 0 Å². The Labute approximate surface area is 188 Å². The number of allylic oxidation sites excluding steroid dienone is 1. The molecule has 1 aromatic carbocycles. The first kappa shape index (κ1) is 22.6. The molecule has 10 nitrogen and oxygen atoms in total. The summed E-state index contributed by atoms with van der Waals surface area (Å²) in [4.78, 5) is 40.0. The summed E-state index contributed by atoms with van der Waals surface area (Å²) in [5, 5.41) is 53.7. The first-order chi connectivity index (χ1) is 15.3. The van der Waals surface area contributed by atoms with Gasteiger partial charge in [0.05, 0.1) is 11.6 Å². The molecule has 1 amide bonds. The van der Waals surface area contributed by atoms with Gasteiger partial charge in [0.2, 0.25) is 5.78 Å². The molecule has 174 valence electrons. The minimum absolute atomic E-state index is 0.0290. The van der Waals surface area contributed by atoms with Crippen LogP contribution >= 0.6 is 0 Å². The van der Waals surface area contributed by atoms with Crippen LogP contribution in [0.15, 0.2) is 41.4 Å². The second kappa shape index (κ2) is 7.19. The highest BCUT2D eigenvalue weighted by atomic mass is 16.3. The summed E-state index contributed by atoms with van der Waals surface area (Å²) >= 11 is 0. The molecule has 1 aromatic rings. The van der Waals surface area contributed by atoms with Gasteiger partial charge in [-0.1, -0.05) is 6.58 Å². The van der Waals surface area contributed by atoms with E-state index in [-0.39, 0.29) is 35.3 Å². The van der Waals surface area contributed by atoms with Crippen LogP contribution < -0.4 is 5.73 Å². The molecule has 0 fully saturated rings. The van der Waals surface area contributed by atoms with Crippen LogP contribution in [-0.2, 0) is 16.0 Å². The topological polar surface area (TPSA) is 182 Å². The lowest BCUT2D eigenvalue weighted by atomic mass is 9.58. The fourth-order valence-corrected chi connectivity index (χ4v) is 5.52. The zero-order valence-electron chi connectivity index (χ0n) is 18.0. The predicted octanol–water partition coefficient (Wildman–Crippen LogP) is 0.649. The summed E-state index contributed by atoms with van der Waals surface area (Å²) in [6, 6.07) is 1.55. The number of fused-ring (bicyclic) bond motifs is 3. The number of hydrogen-bond acceptors (Lipinski definition) is 9. The number of aliphatic hydroxyl groups excluding tert-OH is 3. The van der Waals surface area contributed by atoms with Crippen molar-refractivity contribution in [2.24, 2.45) is 17.6 Å². The number of nitrogens with zero attached hydrogens (tertiary/aromatic N) is 1. The van der Waals surface area contributed by atoms with E-state index in [1.807, 2.05) is 0 Å². The fourth-order valence-electron chi connectivity index (χ4n) is 5.52. The molecule has 0 aromatic heterocycles. The summed E-state index contributed by atoms with van der Waals surface area (Å²) in [7, 11) is 3.11. The number of nitrogens with two attached hydrogens (primary N) is 1. The van der Waals surface area contributed by atoms with Gasteiger partial charge in [0.15, 0.2) is 11.4 Å². The van der Waals surface area contributed by atoms with Crippen molar-refractivity contribution in [2.75, 3.05) is 14.1 Å². The lowest BCUT2D eigenvalue weighted by Gasteiger charge is -2.50. The number of primary amides is 1. The quantitative estimate of drug-likeness (QED) is 0.281. The average Bonchev–Trinajstić information content (AvgIpc) is 2.70. The third kappa shape index (κ3) is 2.84. The minimum atomic E-state index is -2.68. The maximum Gasteiger partial charge on any atom is 0.255 e. The van der Waals surface area contributed by atoms with Gasteiger partial charge in [0.25, 0.3) is 5.91 Å². The van der Waals surface area contributed by atoms with E-state index in [0.29, 0.717) is 5.56 Å². The number of ketones is 2. The molecule has 4 rings (SSSR count). The summed E-state index contributed by atoms with van der Waals surface area (Å²) in [6.45, 7) is 3.49. The number of likely N-dealkylation sites (N-methyl/N-ethyl adjacent to an activating group) is 1. The zero-order chi connectivity index (χ0) is 24.6. The summed E-state index contributed by atoms with van der Waals surface area (Å²) in [6.07, 6.45) is 0.0522. The number of aromatic hydroxyl groups is 1. The van der Waals surface area contributed by atoms with E-state index in [4.69, 9.17) is 5.73 Å². The Morgan fingerprint density at radius 1 is 1.21 bits per heavy atom. The molecule has 0 saturated carbocycles. The number of phenols is 1. The maximum absolute atomic E-state index is 13.4. The van der Waals surface area contributed by atoms with Gasteiger partial charge in [0, 0.05) is 17.1 Å². The van der Waals surface area contributed by atoms with E-state index in [1.54, 1.807) is 14.1 Å². The number of hydrogen-bond donors (Lipinski definition) is 6. The van der Waals surface area contributed by atoms with Crippen LogP contribution in [0.4, 0.5) is 0 Å². The second-order valence-corrected chi connectivity index (χ2v) is 8.90. The van der Waals surface area contributed by atoms with Gasteiger partial charge in [-0.2, -0.15) is 0 Å². The Balaban J connectivity index is 1.99. The van der Waals surface area contributed by atoms with Gasteiger partial charge in [-0.25, -0.2) is 0 Å². The van der Waals surface area contributed by atoms with Crippen molar-refractivity contribution >= 4 is 23.2 Å². The summed E-state index contributed by atoms with van der Waals surface area (Å²) < 4.78 is 0. The van der Waals surface area contributed by atoms with Crippen molar-refractivity contribution < 1.29 is 39.9 Å². The average molecular weight is 456 g/mol. The lowest BCUT2D eigenvalue weighted by molar-refractivity contribution is -0.148. The van der Waals surface area contributed by atoms with Crippen LogP contribution in [0.3, 0.4) is 0 Å².